The van der Waals surface area contributed by atoms with E-state index in [1.54, 1.807) is 37.3 Å². The van der Waals surface area contributed by atoms with Crippen molar-refractivity contribution in [1.82, 2.24) is 10.2 Å². The van der Waals surface area contributed by atoms with E-state index in [0.29, 0.717) is 36.6 Å². The Hall–Kier alpha value is -2.76. The summed E-state index contributed by atoms with van der Waals surface area (Å²) in [6, 6.07) is 12.4. The number of ether oxygens (including phenoxy) is 2. The molecule has 2 aromatic carbocycles. The number of urea groups is 1. The van der Waals surface area contributed by atoms with E-state index in [4.69, 9.17) is 9.47 Å². The SMILES string of the molecule is COc1ccc(CCNC(=O)N(Cc2ccccc2F)C2CC2)cc1OC. The van der Waals surface area contributed by atoms with Gasteiger partial charge in [0.15, 0.2) is 11.5 Å². The third kappa shape index (κ3) is 4.90. The van der Waals surface area contributed by atoms with E-state index >= 15 is 0 Å². The van der Waals surface area contributed by atoms with Gasteiger partial charge in [-0.15, -0.1) is 0 Å². The van der Waals surface area contributed by atoms with Crippen LogP contribution < -0.4 is 14.8 Å². The molecule has 2 amide bonds. The van der Waals surface area contributed by atoms with Crippen molar-refractivity contribution in [2.75, 3.05) is 20.8 Å². The largest absolute Gasteiger partial charge is 0.493 e. The molecule has 0 aromatic heterocycles. The first-order valence-corrected chi connectivity index (χ1v) is 9.11. The molecule has 0 saturated heterocycles. The van der Waals surface area contributed by atoms with E-state index in [2.05, 4.69) is 5.32 Å². The fourth-order valence-electron chi connectivity index (χ4n) is 3.01. The quantitative estimate of drug-likeness (QED) is 0.768. The minimum Gasteiger partial charge on any atom is -0.493 e. The van der Waals surface area contributed by atoms with E-state index in [1.807, 2.05) is 18.2 Å². The fourth-order valence-corrected chi connectivity index (χ4v) is 3.01. The van der Waals surface area contributed by atoms with Crippen LogP contribution in [-0.4, -0.2) is 37.7 Å². The van der Waals surface area contributed by atoms with Crippen LogP contribution in [-0.2, 0) is 13.0 Å². The van der Waals surface area contributed by atoms with Gasteiger partial charge in [0, 0.05) is 18.2 Å². The van der Waals surface area contributed by atoms with Crippen LogP contribution in [0.5, 0.6) is 11.5 Å². The maximum Gasteiger partial charge on any atom is 0.317 e. The van der Waals surface area contributed by atoms with Crippen LogP contribution in [0.2, 0.25) is 0 Å². The summed E-state index contributed by atoms with van der Waals surface area (Å²) < 4.78 is 24.5. The first-order chi connectivity index (χ1) is 13.1. The second-order valence-electron chi connectivity index (χ2n) is 6.62. The highest BCUT2D eigenvalue weighted by Gasteiger charge is 2.32. The minimum atomic E-state index is -0.277. The number of hydrogen-bond acceptors (Lipinski definition) is 3. The summed E-state index contributed by atoms with van der Waals surface area (Å²) in [7, 11) is 3.19. The molecule has 2 aromatic rings. The number of nitrogens with one attached hydrogen (secondary N) is 1. The predicted octanol–water partition coefficient (Wildman–Crippen LogP) is 3.76. The van der Waals surface area contributed by atoms with Crippen LogP contribution in [0.25, 0.3) is 0 Å². The van der Waals surface area contributed by atoms with Crippen LogP contribution in [0, 0.1) is 5.82 Å². The van der Waals surface area contributed by atoms with Crippen molar-refractivity contribution in [3.8, 4) is 11.5 Å². The van der Waals surface area contributed by atoms with Crippen molar-refractivity contribution in [2.45, 2.75) is 31.8 Å². The van der Waals surface area contributed by atoms with E-state index in [1.165, 1.54) is 6.07 Å². The molecule has 5 nitrogen and oxygen atoms in total. The highest BCUT2D eigenvalue weighted by Crippen LogP contribution is 2.29. The van der Waals surface area contributed by atoms with Gasteiger partial charge in [-0.1, -0.05) is 24.3 Å². The van der Waals surface area contributed by atoms with Gasteiger partial charge in [-0.05, 0) is 43.0 Å². The zero-order valence-electron chi connectivity index (χ0n) is 15.7. The lowest BCUT2D eigenvalue weighted by Crippen LogP contribution is -2.41. The second-order valence-corrected chi connectivity index (χ2v) is 6.62. The van der Waals surface area contributed by atoms with Crippen LogP contribution in [0.4, 0.5) is 9.18 Å². The number of rotatable bonds is 8. The smallest absolute Gasteiger partial charge is 0.317 e. The predicted molar refractivity (Wildman–Crippen MR) is 102 cm³/mol. The second kappa shape index (κ2) is 8.75. The van der Waals surface area contributed by atoms with Crippen molar-refractivity contribution in [1.29, 1.82) is 0 Å². The Balaban J connectivity index is 1.56. The van der Waals surface area contributed by atoms with E-state index in [-0.39, 0.29) is 17.9 Å². The molecular formula is C21H25FN2O3. The Morgan fingerprint density at radius 2 is 1.89 bits per heavy atom. The van der Waals surface area contributed by atoms with Crippen molar-refractivity contribution in [3.05, 3.63) is 59.4 Å². The summed E-state index contributed by atoms with van der Waals surface area (Å²) in [5.41, 5.74) is 1.58. The summed E-state index contributed by atoms with van der Waals surface area (Å²) >= 11 is 0. The Bertz CT molecular complexity index is 793. The van der Waals surface area contributed by atoms with Crippen molar-refractivity contribution >= 4 is 6.03 Å². The van der Waals surface area contributed by atoms with Crippen molar-refractivity contribution < 1.29 is 18.7 Å². The van der Waals surface area contributed by atoms with Gasteiger partial charge >= 0.3 is 6.03 Å². The molecule has 144 valence electrons. The number of nitrogens with zero attached hydrogens (tertiary/aromatic N) is 1. The van der Waals surface area contributed by atoms with Crippen molar-refractivity contribution in [3.63, 3.8) is 0 Å². The molecule has 0 unspecified atom stereocenters. The molecule has 1 saturated carbocycles. The highest BCUT2D eigenvalue weighted by molar-refractivity contribution is 5.75. The highest BCUT2D eigenvalue weighted by atomic mass is 19.1. The topological polar surface area (TPSA) is 50.8 Å². The maximum absolute atomic E-state index is 13.9. The van der Waals surface area contributed by atoms with Crippen LogP contribution in [0.1, 0.15) is 24.0 Å². The molecule has 0 radical (unpaired) electrons. The van der Waals surface area contributed by atoms with Gasteiger partial charge in [-0.2, -0.15) is 0 Å². The molecule has 1 fully saturated rings. The zero-order valence-corrected chi connectivity index (χ0v) is 15.7. The number of carbonyl (C=O) groups is 1. The molecule has 0 bridgehead atoms. The Kier molecular flexibility index (Phi) is 6.16. The standard InChI is InChI=1S/C21H25FN2O3/c1-26-19-10-7-15(13-20(19)27-2)11-12-23-21(25)24(17-8-9-17)14-16-5-3-4-6-18(16)22/h3-7,10,13,17H,8-9,11-12,14H2,1-2H3,(H,23,25). The van der Waals surface area contributed by atoms with Gasteiger partial charge in [-0.3, -0.25) is 0 Å². The van der Waals surface area contributed by atoms with Gasteiger partial charge < -0.3 is 19.7 Å². The monoisotopic (exact) mass is 372 g/mol. The average Bonchev–Trinajstić information content (AvgIpc) is 3.52. The summed E-state index contributed by atoms with van der Waals surface area (Å²) in [6.07, 6.45) is 2.61. The van der Waals surface area contributed by atoms with Gasteiger partial charge in [0.2, 0.25) is 0 Å². The van der Waals surface area contributed by atoms with Gasteiger partial charge in [-0.25, -0.2) is 9.18 Å². The average molecular weight is 372 g/mol. The summed E-state index contributed by atoms with van der Waals surface area (Å²) in [5.74, 6) is 1.07. The summed E-state index contributed by atoms with van der Waals surface area (Å²) in [4.78, 5) is 14.3. The van der Waals surface area contributed by atoms with Crippen LogP contribution >= 0.6 is 0 Å². The molecule has 0 heterocycles. The molecule has 27 heavy (non-hydrogen) atoms. The van der Waals surface area contributed by atoms with Gasteiger partial charge in [0.25, 0.3) is 0 Å². The number of hydrogen-bond donors (Lipinski definition) is 1. The molecule has 1 N–H and O–H groups in total. The Morgan fingerprint density at radius 3 is 2.56 bits per heavy atom. The van der Waals surface area contributed by atoms with Gasteiger partial charge in [0.05, 0.1) is 20.8 Å². The summed E-state index contributed by atoms with van der Waals surface area (Å²) in [5, 5.41) is 2.95. The number of methoxy groups -OCH3 is 2. The Morgan fingerprint density at radius 1 is 1.15 bits per heavy atom. The van der Waals surface area contributed by atoms with E-state index in [9.17, 15) is 9.18 Å². The maximum atomic E-state index is 13.9. The molecule has 0 aliphatic heterocycles. The molecule has 0 spiro atoms. The molecule has 3 rings (SSSR count). The van der Waals surface area contributed by atoms with E-state index < -0.39 is 0 Å². The number of amides is 2. The lowest BCUT2D eigenvalue weighted by molar-refractivity contribution is 0.191. The van der Waals surface area contributed by atoms with Crippen molar-refractivity contribution in [2.24, 2.45) is 0 Å². The minimum absolute atomic E-state index is 0.152. The van der Waals surface area contributed by atoms with Gasteiger partial charge in [0.1, 0.15) is 5.82 Å². The molecule has 0 atom stereocenters. The fraction of sp³-hybridized carbons (Fsp3) is 0.381. The number of carbonyl (C=O) groups excluding carboxylic acids is 1. The van der Waals surface area contributed by atoms with Crippen LogP contribution in [0.15, 0.2) is 42.5 Å². The first-order valence-electron chi connectivity index (χ1n) is 9.11. The molecule has 1 aliphatic rings. The zero-order chi connectivity index (χ0) is 19.2. The third-order valence-electron chi connectivity index (χ3n) is 4.68. The van der Waals surface area contributed by atoms with Crippen LogP contribution in [0.3, 0.4) is 0 Å². The lowest BCUT2D eigenvalue weighted by atomic mass is 10.1. The first kappa shape index (κ1) is 19.0. The number of benzene rings is 2. The summed E-state index contributed by atoms with van der Waals surface area (Å²) in [6.45, 7) is 0.786. The molecular weight excluding hydrogens is 347 g/mol. The normalized spacial score (nSPS) is 13.1. The molecule has 6 heteroatoms. The number of halogens is 1. The van der Waals surface area contributed by atoms with E-state index in [0.717, 1.165) is 18.4 Å². The molecule has 1 aliphatic carbocycles. The Labute approximate surface area is 159 Å². The lowest BCUT2D eigenvalue weighted by Gasteiger charge is -2.23. The third-order valence-corrected chi connectivity index (χ3v) is 4.68.